The molecule has 1 saturated heterocycles. The van der Waals surface area contributed by atoms with Gasteiger partial charge in [0.05, 0.1) is 12.1 Å². The summed E-state index contributed by atoms with van der Waals surface area (Å²) in [5.74, 6) is -0.170. The Morgan fingerprint density at radius 3 is 3.16 bits per heavy atom. The van der Waals surface area contributed by atoms with Crippen LogP contribution in [0.15, 0.2) is 22.8 Å². The van der Waals surface area contributed by atoms with Crippen molar-refractivity contribution in [2.45, 2.75) is 18.4 Å². The molecule has 1 aromatic rings. The maximum absolute atomic E-state index is 12.1. The molecule has 0 bridgehead atoms. The number of methoxy groups -OCH3 is 1. The third-order valence-corrected chi connectivity index (χ3v) is 3.95. The number of nitrogens with one attached hydrogen (secondary N) is 2. The van der Waals surface area contributed by atoms with Gasteiger partial charge < -0.3 is 15.4 Å². The number of pyridine rings is 1. The molecule has 104 valence electrons. The van der Waals surface area contributed by atoms with Crippen LogP contribution in [0.2, 0.25) is 0 Å². The molecule has 2 heterocycles. The average Bonchev–Trinajstić information content (AvgIpc) is 2.86. The van der Waals surface area contributed by atoms with E-state index in [9.17, 15) is 4.79 Å². The van der Waals surface area contributed by atoms with Crippen molar-refractivity contribution >= 4 is 21.8 Å². The third-order valence-electron chi connectivity index (χ3n) is 3.31. The van der Waals surface area contributed by atoms with E-state index >= 15 is 0 Å². The van der Waals surface area contributed by atoms with Crippen molar-refractivity contribution < 1.29 is 9.53 Å². The summed E-state index contributed by atoms with van der Waals surface area (Å²) in [6.45, 7) is 2.10. The predicted molar refractivity (Wildman–Crippen MR) is 76.1 cm³/mol. The fourth-order valence-corrected chi connectivity index (χ4v) is 2.79. The minimum Gasteiger partial charge on any atom is -0.383 e. The van der Waals surface area contributed by atoms with Gasteiger partial charge in [0.2, 0.25) is 0 Å². The maximum atomic E-state index is 12.1. The van der Waals surface area contributed by atoms with Crippen LogP contribution in [0.3, 0.4) is 0 Å². The van der Waals surface area contributed by atoms with Crippen LogP contribution in [-0.4, -0.2) is 43.2 Å². The van der Waals surface area contributed by atoms with Gasteiger partial charge in [-0.05, 0) is 47.4 Å². The van der Waals surface area contributed by atoms with Crippen LogP contribution in [0, 0.1) is 0 Å². The average molecular weight is 328 g/mol. The van der Waals surface area contributed by atoms with Gasteiger partial charge in [-0.15, -0.1) is 0 Å². The molecule has 2 rings (SSSR count). The van der Waals surface area contributed by atoms with Crippen LogP contribution < -0.4 is 10.6 Å². The second-order valence-corrected chi connectivity index (χ2v) is 5.61. The molecule has 2 N–H and O–H groups in total. The first-order valence-corrected chi connectivity index (χ1v) is 7.09. The Morgan fingerprint density at radius 1 is 1.68 bits per heavy atom. The molecule has 1 aromatic heterocycles. The highest BCUT2D eigenvalue weighted by atomic mass is 79.9. The van der Waals surface area contributed by atoms with Crippen LogP contribution in [0.5, 0.6) is 0 Å². The van der Waals surface area contributed by atoms with Crippen molar-refractivity contribution in [2.24, 2.45) is 0 Å². The van der Waals surface area contributed by atoms with Gasteiger partial charge in [-0.25, -0.2) is 4.98 Å². The first-order valence-electron chi connectivity index (χ1n) is 6.29. The molecule has 1 unspecified atom stereocenters. The molecule has 1 atom stereocenters. The topological polar surface area (TPSA) is 63.2 Å². The fraction of sp³-hybridized carbons (Fsp3) is 0.538. The second-order valence-electron chi connectivity index (χ2n) is 4.76. The molecule has 1 aliphatic heterocycles. The van der Waals surface area contributed by atoms with Crippen molar-refractivity contribution in [2.75, 3.05) is 26.8 Å². The van der Waals surface area contributed by atoms with Gasteiger partial charge in [-0.2, -0.15) is 0 Å². The Hall–Kier alpha value is -0.980. The molecule has 0 saturated carbocycles. The predicted octanol–water partition coefficient (Wildman–Crippen LogP) is 1.34. The van der Waals surface area contributed by atoms with Crippen molar-refractivity contribution in [3.63, 3.8) is 0 Å². The van der Waals surface area contributed by atoms with Crippen LogP contribution in [0.25, 0.3) is 0 Å². The van der Waals surface area contributed by atoms with Gasteiger partial charge in [-0.1, -0.05) is 0 Å². The van der Waals surface area contributed by atoms with E-state index in [1.54, 1.807) is 25.4 Å². The number of amides is 1. The smallest absolute Gasteiger partial charge is 0.271 e. The Bertz CT molecular complexity index is 447. The SMILES string of the molecule is COCC1(CNC(=O)c2ncccc2Br)CCCN1. The molecule has 5 nitrogen and oxygen atoms in total. The third kappa shape index (κ3) is 3.52. The van der Waals surface area contributed by atoms with E-state index in [1.807, 2.05) is 0 Å². The summed E-state index contributed by atoms with van der Waals surface area (Å²) < 4.78 is 5.95. The van der Waals surface area contributed by atoms with Gasteiger partial charge in [0.15, 0.2) is 0 Å². The zero-order chi connectivity index (χ0) is 13.7. The van der Waals surface area contributed by atoms with E-state index in [0.29, 0.717) is 23.3 Å². The molecule has 1 fully saturated rings. The quantitative estimate of drug-likeness (QED) is 0.856. The lowest BCUT2D eigenvalue weighted by molar-refractivity contribution is 0.0887. The molecule has 0 aromatic carbocycles. The minimum absolute atomic E-state index is 0.147. The van der Waals surface area contributed by atoms with Crippen LogP contribution in [-0.2, 0) is 4.74 Å². The van der Waals surface area contributed by atoms with Crippen molar-refractivity contribution in [1.29, 1.82) is 0 Å². The first kappa shape index (κ1) is 14.4. The van der Waals surface area contributed by atoms with Gasteiger partial charge in [0.25, 0.3) is 5.91 Å². The number of aromatic nitrogens is 1. The molecular formula is C13H18BrN3O2. The molecule has 0 aliphatic carbocycles. The standard InChI is InChI=1S/C13H18BrN3O2/c1-19-9-13(5-3-7-17-13)8-16-12(18)11-10(14)4-2-6-15-11/h2,4,6,17H,3,5,7-9H2,1H3,(H,16,18). The number of rotatable bonds is 5. The largest absolute Gasteiger partial charge is 0.383 e. The summed E-state index contributed by atoms with van der Waals surface area (Å²) in [5, 5.41) is 6.35. The highest BCUT2D eigenvalue weighted by molar-refractivity contribution is 9.10. The number of carbonyl (C=O) groups is 1. The molecular weight excluding hydrogens is 310 g/mol. The van der Waals surface area contributed by atoms with Gasteiger partial charge >= 0.3 is 0 Å². The van der Waals surface area contributed by atoms with Crippen molar-refractivity contribution in [1.82, 2.24) is 15.6 Å². The molecule has 1 aliphatic rings. The highest BCUT2D eigenvalue weighted by Gasteiger charge is 2.34. The summed E-state index contributed by atoms with van der Waals surface area (Å²) in [6, 6.07) is 3.59. The molecule has 1 amide bonds. The summed E-state index contributed by atoms with van der Waals surface area (Å²) in [6.07, 6.45) is 3.72. The zero-order valence-corrected chi connectivity index (χ0v) is 12.5. The highest BCUT2D eigenvalue weighted by Crippen LogP contribution is 2.19. The van der Waals surface area contributed by atoms with Crippen molar-refractivity contribution in [3.05, 3.63) is 28.5 Å². The summed E-state index contributed by atoms with van der Waals surface area (Å²) in [5.41, 5.74) is 0.263. The van der Waals surface area contributed by atoms with Crippen molar-refractivity contribution in [3.8, 4) is 0 Å². The lowest BCUT2D eigenvalue weighted by Gasteiger charge is -2.28. The van der Waals surface area contributed by atoms with Crippen LogP contribution in [0.1, 0.15) is 23.3 Å². The van der Waals surface area contributed by atoms with E-state index in [4.69, 9.17) is 4.74 Å². The van der Waals surface area contributed by atoms with Gasteiger partial charge in [0, 0.05) is 24.3 Å². The summed E-state index contributed by atoms with van der Waals surface area (Å²) in [7, 11) is 1.68. The Labute approximate surface area is 121 Å². The second kappa shape index (κ2) is 6.45. The van der Waals surface area contributed by atoms with E-state index in [1.165, 1.54) is 0 Å². The number of halogens is 1. The molecule has 0 radical (unpaired) electrons. The molecule has 0 spiro atoms. The van der Waals surface area contributed by atoms with Crippen LogP contribution >= 0.6 is 15.9 Å². The number of nitrogens with zero attached hydrogens (tertiary/aromatic N) is 1. The number of hydrogen-bond acceptors (Lipinski definition) is 4. The van der Waals surface area contributed by atoms with Gasteiger partial charge in [-0.3, -0.25) is 4.79 Å². The summed E-state index contributed by atoms with van der Waals surface area (Å²) >= 11 is 3.33. The first-order chi connectivity index (χ1) is 9.17. The summed E-state index contributed by atoms with van der Waals surface area (Å²) in [4.78, 5) is 16.2. The lowest BCUT2D eigenvalue weighted by Crippen LogP contribution is -2.53. The Morgan fingerprint density at radius 2 is 2.53 bits per heavy atom. The molecule has 19 heavy (non-hydrogen) atoms. The molecule has 6 heteroatoms. The van der Waals surface area contributed by atoms with Gasteiger partial charge in [0.1, 0.15) is 5.69 Å². The monoisotopic (exact) mass is 327 g/mol. The minimum atomic E-state index is -0.170. The normalized spacial score (nSPS) is 22.4. The zero-order valence-electron chi connectivity index (χ0n) is 10.9. The lowest BCUT2D eigenvalue weighted by atomic mass is 9.98. The van der Waals surface area contributed by atoms with E-state index < -0.39 is 0 Å². The Balaban J connectivity index is 1.98. The van der Waals surface area contributed by atoms with Crippen LogP contribution in [0.4, 0.5) is 0 Å². The fourth-order valence-electron chi connectivity index (χ4n) is 2.36. The van der Waals surface area contributed by atoms with E-state index in [2.05, 4.69) is 31.5 Å². The Kier molecular flexibility index (Phi) is 4.90. The van der Waals surface area contributed by atoms with E-state index in [-0.39, 0.29) is 11.4 Å². The number of hydrogen-bond donors (Lipinski definition) is 2. The number of carbonyl (C=O) groups excluding carboxylic acids is 1. The number of ether oxygens (including phenoxy) is 1. The van der Waals surface area contributed by atoms with E-state index in [0.717, 1.165) is 19.4 Å². The maximum Gasteiger partial charge on any atom is 0.271 e.